The van der Waals surface area contributed by atoms with Crippen molar-refractivity contribution in [2.24, 2.45) is 10.1 Å². The van der Waals surface area contributed by atoms with Crippen LogP contribution in [-0.2, 0) is 4.79 Å². The molecule has 2 aliphatic rings. The lowest BCUT2D eigenvalue weighted by atomic mass is 10.1. The van der Waals surface area contributed by atoms with Gasteiger partial charge in [0.05, 0.1) is 33.2 Å². The van der Waals surface area contributed by atoms with Crippen LogP contribution in [0.2, 0.25) is 0 Å². The molecule has 0 unspecified atom stereocenters. The van der Waals surface area contributed by atoms with E-state index in [1.807, 2.05) is 0 Å². The number of carbonyl (C=O) groups excluding carboxylic acids is 1. The van der Waals surface area contributed by atoms with Crippen molar-refractivity contribution in [1.82, 2.24) is 5.01 Å². The molecule has 10 heteroatoms. The van der Waals surface area contributed by atoms with Crippen LogP contribution in [0.25, 0.3) is 6.08 Å². The van der Waals surface area contributed by atoms with Crippen molar-refractivity contribution in [3.63, 3.8) is 0 Å². The Kier molecular flexibility index (Phi) is 4.85. The fourth-order valence-corrected chi connectivity index (χ4v) is 3.70. The monoisotopic (exact) mass is 412 g/mol. The molecule has 9 nitrogen and oxygen atoms in total. The smallest absolute Gasteiger partial charge is 0.283 e. The Balaban J connectivity index is 1.72. The molecule has 0 atom stereocenters. The Morgan fingerprint density at radius 3 is 2.48 bits per heavy atom. The van der Waals surface area contributed by atoms with Crippen molar-refractivity contribution >= 4 is 39.8 Å². The number of ether oxygens (including phenoxy) is 3. The van der Waals surface area contributed by atoms with Crippen LogP contribution in [0.4, 0.5) is 0 Å². The van der Waals surface area contributed by atoms with E-state index in [0.29, 0.717) is 38.8 Å². The molecule has 0 saturated heterocycles. The molecule has 2 aromatic rings. The minimum Gasteiger partial charge on any atom is -0.493 e. The number of carbonyl (C=O) groups is 1. The zero-order valence-corrected chi connectivity index (χ0v) is 16.6. The Morgan fingerprint density at radius 2 is 1.90 bits per heavy atom. The highest BCUT2D eigenvalue weighted by Crippen LogP contribution is 2.39. The van der Waals surface area contributed by atoms with Gasteiger partial charge >= 0.3 is 0 Å². The van der Waals surface area contributed by atoms with Crippen molar-refractivity contribution in [2.75, 3.05) is 21.3 Å². The lowest BCUT2D eigenvalue weighted by molar-refractivity contribution is -0.114. The second-order valence-corrected chi connectivity index (χ2v) is 6.82. The number of aliphatic imine (C=N–C) groups is 1. The largest absolute Gasteiger partial charge is 0.493 e. The number of amides is 1. The first-order valence-corrected chi connectivity index (χ1v) is 9.21. The number of benzene rings is 1. The average Bonchev–Trinajstić information content (AvgIpc) is 3.40. The lowest BCUT2D eigenvalue weighted by Crippen LogP contribution is -2.35. The Hall–Kier alpha value is -3.53. The van der Waals surface area contributed by atoms with Gasteiger partial charge in [0.15, 0.2) is 28.1 Å². The maximum atomic E-state index is 12.6. The number of hydrogen-bond donors (Lipinski definition) is 1. The third kappa shape index (κ3) is 3.27. The van der Waals surface area contributed by atoms with Gasteiger partial charge in [-0.2, -0.15) is 15.1 Å². The SMILES string of the molecule is COc1cc(/C=C2/C(=N)N3N=C(c4ccco4)SC3=NC2=O)cc(OC)c1OC. The van der Waals surface area contributed by atoms with Gasteiger partial charge in [-0.1, -0.05) is 0 Å². The van der Waals surface area contributed by atoms with Crippen LogP contribution in [-0.4, -0.2) is 48.3 Å². The van der Waals surface area contributed by atoms with Gasteiger partial charge in [0, 0.05) is 0 Å². The second kappa shape index (κ2) is 7.47. The predicted molar refractivity (Wildman–Crippen MR) is 109 cm³/mol. The summed E-state index contributed by atoms with van der Waals surface area (Å²) < 4.78 is 21.3. The van der Waals surface area contributed by atoms with Gasteiger partial charge in [0.1, 0.15) is 0 Å². The van der Waals surface area contributed by atoms with E-state index in [9.17, 15) is 4.79 Å². The van der Waals surface area contributed by atoms with Gasteiger partial charge in [-0.25, -0.2) is 0 Å². The van der Waals surface area contributed by atoms with E-state index in [2.05, 4.69) is 10.1 Å². The summed E-state index contributed by atoms with van der Waals surface area (Å²) in [7, 11) is 4.52. The number of rotatable bonds is 5. The van der Waals surface area contributed by atoms with Crippen LogP contribution in [0.5, 0.6) is 17.2 Å². The molecule has 0 saturated carbocycles. The maximum Gasteiger partial charge on any atom is 0.283 e. The van der Waals surface area contributed by atoms with E-state index >= 15 is 0 Å². The highest BCUT2D eigenvalue weighted by Gasteiger charge is 2.36. The summed E-state index contributed by atoms with van der Waals surface area (Å²) in [5, 5.41) is 15.0. The van der Waals surface area contributed by atoms with Crippen molar-refractivity contribution < 1.29 is 23.4 Å². The van der Waals surface area contributed by atoms with E-state index < -0.39 is 5.91 Å². The number of hydrogen-bond acceptors (Lipinski definition) is 8. The van der Waals surface area contributed by atoms with Crippen molar-refractivity contribution in [3.8, 4) is 17.2 Å². The number of nitrogens with zero attached hydrogens (tertiary/aromatic N) is 3. The number of hydrazone groups is 1. The minimum absolute atomic E-state index is 0.0807. The number of furan rings is 1. The summed E-state index contributed by atoms with van der Waals surface area (Å²) in [6, 6.07) is 6.86. The molecular weight excluding hydrogens is 396 g/mol. The van der Waals surface area contributed by atoms with E-state index in [-0.39, 0.29) is 11.4 Å². The van der Waals surface area contributed by atoms with E-state index in [1.54, 1.807) is 30.3 Å². The summed E-state index contributed by atoms with van der Waals surface area (Å²) >= 11 is 1.17. The highest BCUT2D eigenvalue weighted by atomic mass is 32.2. The molecule has 1 aromatic heterocycles. The Bertz CT molecular complexity index is 1060. The van der Waals surface area contributed by atoms with Crippen LogP contribution in [0.3, 0.4) is 0 Å². The van der Waals surface area contributed by atoms with Crippen molar-refractivity contribution in [3.05, 3.63) is 47.4 Å². The molecule has 0 bridgehead atoms. The number of fused-ring (bicyclic) bond motifs is 1. The number of nitrogens with one attached hydrogen (secondary N) is 1. The summed E-state index contributed by atoms with van der Waals surface area (Å²) in [4.78, 5) is 16.6. The predicted octanol–water partition coefficient (Wildman–Crippen LogP) is 2.97. The Morgan fingerprint density at radius 1 is 1.17 bits per heavy atom. The third-order valence-corrected chi connectivity index (χ3v) is 5.11. The highest BCUT2D eigenvalue weighted by molar-refractivity contribution is 8.27. The van der Waals surface area contributed by atoms with E-state index in [4.69, 9.17) is 24.0 Å². The number of methoxy groups -OCH3 is 3. The molecule has 0 spiro atoms. The van der Waals surface area contributed by atoms with Crippen LogP contribution in [0.15, 0.2) is 50.6 Å². The van der Waals surface area contributed by atoms with Crippen LogP contribution in [0.1, 0.15) is 11.3 Å². The first kappa shape index (κ1) is 18.8. The molecule has 4 rings (SSSR count). The minimum atomic E-state index is -0.529. The fourth-order valence-electron chi connectivity index (χ4n) is 2.84. The lowest BCUT2D eigenvalue weighted by Gasteiger charge is -2.20. The van der Waals surface area contributed by atoms with Crippen LogP contribution >= 0.6 is 11.8 Å². The van der Waals surface area contributed by atoms with E-state index in [0.717, 1.165) is 0 Å². The average molecular weight is 412 g/mol. The summed E-state index contributed by atoms with van der Waals surface area (Å²) in [6.45, 7) is 0. The number of thioether (sulfide) groups is 1. The Labute approximate surface area is 170 Å². The summed E-state index contributed by atoms with van der Waals surface area (Å²) in [5.41, 5.74) is 0.682. The quantitative estimate of drug-likeness (QED) is 0.752. The molecule has 3 heterocycles. The number of amidine groups is 2. The van der Waals surface area contributed by atoms with E-state index in [1.165, 1.54) is 44.4 Å². The van der Waals surface area contributed by atoms with Gasteiger partial charge in [0.2, 0.25) is 10.9 Å². The summed E-state index contributed by atoms with van der Waals surface area (Å²) in [6.07, 6.45) is 3.07. The van der Waals surface area contributed by atoms with Crippen molar-refractivity contribution in [1.29, 1.82) is 5.41 Å². The van der Waals surface area contributed by atoms with Gasteiger partial charge in [-0.05, 0) is 47.7 Å². The van der Waals surface area contributed by atoms with Gasteiger partial charge in [-0.3, -0.25) is 10.2 Å². The molecule has 0 aliphatic carbocycles. The van der Waals surface area contributed by atoms with Gasteiger partial charge in [-0.15, -0.1) is 0 Å². The van der Waals surface area contributed by atoms with Crippen molar-refractivity contribution in [2.45, 2.75) is 0 Å². The first-order chi connectivity index (χ1) is 14.0. The zero-order valence-electron chi connectivity index (χ0n) is 15.8. The molecule has 1 amide bonds. The maximum absolute atomic E-state index is 12.6. The van der Waals surface area contributed by atoms with Gasteiger partial charge in [0.25, 0.3) is 5.91 Å². The van der Waals surface area contributed by atoms with Gasteiger partial charge < -0.3 is 18.6 Å². The van der Waals surface area contributed by atoms with Crippen LogP contribution < -0.4 is 14.2 Å². The second-order valence-electron chi connectivity index (χ2n) is 5.86. The van der Waals surface area contributed by atoms with Crippen LogP contribution in [0, 0.1) is 5.41 Å². The fraction of sp³-hybridized carbons (Fsp3) is 0.158. The standard InChI is InChI=1S/C19H16N4O5S/c1-25-13-8-10(9-14(26-2)15(13)27-3)7-11-16(20)23-19(21-17(11)24)29-18(22-23)12-5-4-6-28-12/h4-9,20H,1-3H3/b11-7-,20-16?. The normalized spacial score (nSPS) is 17.2. The molecule has 148 valence electrons. The third-order valence-electron chi connectivity index (χ3n) is 4.18. The zero-order chi connectivity index (χ0) is 20.5. The molecule has 1 N–H and O–H groups in total. The molecule has 29 heavy (non-hydrogen) atoms. The summed E-state index contributed by atoms with van der Waals surface area (Å²) in [5.74, 6) is 1.25. The first-order valence-electron chi connectivity index (χ1n) is 8.39. The molecular formula is C19H16N4O5S. The molecule has 0 fully saturated rings. The molecule has 0 radical (unpaired) electrons. The molecule has 1 aromatic carbocycles. The molecule has 2 aliphatic heterocycles. The topological polar surface area (TPSA) is 110 Å².